The van der Waals surface area contributed by atoms with Crippen molar-refractivity contribution < 1.29 is 14.3 Å². The molecule has 0 heterocycles. The van der Waals surface area contributed by atoms with Crippen molar-refractivity contribution in [3.63, 3.8) is 0 Å². The first-order chi connectivity index (χ1) is 9.93. The van der Waals surface area contributed by atoms with Crippen LogP contribution >= 0.6 is 0 Å². The average Bonchev–Trinajstić information content (AvgIpc) is 2.49. The summed E-state index contributed by atoms with van der Waals surface area (Å²) in [6.07, 6.45) is 3.25. The number of hydrogen-bond donors (Lipinski definition) is 0. The molecule has 0 radical (unpaired) electrons. The molecule has 3 atom stereocenters. The Morgan fingerprint density at radius 3 is 2.67 bits per heavy atom. The summed E-state index contributed by atoms with van der Waals surface area (Å²) >= 11 is 0. The van der Waals surface area contributed by atoms with Crippen molar-refractivity contribution in [2.24, 2.45) is 11.3 Å². The lowest BCUT2D eigenvalue weighted by molar-refractivity contribution is -0.160. The van der Waals surface area contributed by atoms with Gasteiger partial charge < -0.3 is 4.74 Å². The Morgan fingerprint density at radius 2 is 1.95 bits per heavy atom. The number of rotatable bonds is 1. The molecular weight excluding hydrogens is 264 g/mol. The van der Waals surface area contributed by atoms with E-state index in [4.69, 9.17) is 4.74 Å². The molecule has 1 aromatic rings. The number of methoxy groups -OCH3 is 1. The van der Waals surface area contributed by atoms with Crippen LogP contribution in [0.5, 0.6) is 0 Å². The molecule has 0 saturated heterocycles. The Balaban J connectivity index is 2.15. The summed E-state index contributed by atoms with van der Waals surface area (Å²) < 4.78 is 5.06. The first-order valence-corrected chi connectivity index (χ1v) is 7.64. The summed E-state index contributed by atoms with van der Waals surface area (Å²) in [4.78, 5) is 24.9. The molecule has 1 saturated carbocycles. The van der Waals surface area contributed by atoms with Gasteiger partial charge in [0.15, 0.2) is 5.78 Å². The molecule has 0 aromatic heterocycles. The molecule has 2 aliphatic carbocycles. The molecule has 0 aliphatic heterocycles. The molecule has 3 nitrogen and oxygen atoms in total. The lowest BCUT2D eigenvalue weighted by atomic mass is 9.49. The minimum absolute atomic E-state index is 0.0219. The number of fused-ring (bicyclic) bond motifs is 3. The van der Waals surface area contributed by atoms with Crippen LogP contribution < -0.4 is 0 Å². The standard InChI is InChI=1S/C18H22O3/c1-17-9-6-10-18(2,16(20)21-3)15(17)11-14(19)12-7-4-5-8-13(12)17/h4-5,7-8,15H,6,9-11H2,1-3H3/t15-,17-,18-/m1/s1. The van der Waals surface area contributed by atoms with Crippen molar-refractivity contribution in [2.75, 3.05) is 7.11 Å². The van der Waals surface area contributed by atoms with Crippen LogP contribution in [0.25, 0.3) is 0 Å². The van der Waals surface area contributed by atoms with Gasteiger partial charge in [0, 0.05) is 12.0 Å². The lowest BCUT2D eigenvalue weighted by Gasteiger charge is -2.53. The van der Waals surface area contributed by atoms with E-state index in [2.05, 4.69) is 13.0 Å². The highest BCUT2D eigenvalue weighted by atomic mass is 16.5. The van der Waals surface area contributed by atoms with Gasteiger partial charge in [0.2, 0.25) is 0 Å². The van der Waals surface area contributed by atoms with Gasteiger partial charge in [-0.25, -0.2) is 0 Å². The van der Waals surface area contributed by atoms with Gasteiger partial charge in [-0.1, -0.05) is 37.6 Å². The highest BCUT2D eigenvalue weighted by Crippen LogP contribution is 2.57. The van der Waals surface area contributed by atoms with Crippen molar-refractivity contribution in [2.45, 2.75) is 44.9 Å². The number of ketones is 1. The monoisotopic (exact) mass is 286 g/mol. The SMILES string of the molecule is COC(=O)[C@]1(C)CCC[C@]2(C)c3ccccc3C(=O)C[C@@H]12. The van der Waals surface area contributed by atoms with Gasteiger partial charge in [-0.15, -0.1) is 0 Å². The second-order valence-electron chi connectivity index (χ2n) is 6.91. The molecular formula is C18H22O3. The molecule has 1 fully saturated rings. The lowest BCUT2D eigenvalue weighted by Crippen LogP contribution is -2.53. The molecule has 3 heteroatoms. The van der Waals surface area contributed by atoms with E-state index in [0.29, 0.717) is 6.42 Å². The van der Waals surface area contributed by atoms with Gasteiger partial charge in [0.1, 0.15) is 0 Å². The third kappa shape index (κ3) is 1.86. The number of carbonyl (C=O) groups is 2. The predicted octanol–water partition coefficient (Wildman–Crippen LogP) is 3.51. The summed E-state index contributed by atoms with van der Waals surface area (Å²) in [7, 11) is 1.44. The Kier molecular flexibility index (Phi) is 3.19. The van der Waals surface area contributed by atoms with Gasteiger partial charge in [-0.2, -0.15) is 0 Å². The maximum Gasteiger partial charge on any atom is 0.311 e. The first kappa shape index (κ1) is 14.3. The van der Waals surface area contributed by atoms with Crippen molar-refractivity contribution in [1.29, 1.82) is 0 Å². The van der Waals surface area contributed by atoms with E-state index in [-0.39, 0.29) is 23.1 Å². The zero-order valence-corrected chi connectivity index (χ0v) is 12.9. The van der Waals surface area contributed by atoms with Crippen molar-refractivity contribution in [3.05, 3.63) is 35.4 Å². The molecule has 3 rings (SSSR count). The van der Waals surface area contributed by atoms with E-state index >= 15 is 0 Å². The Bertz CT molecular complexity index is 606. The fourth-order valence-corrected chi connectivity index (χ4v) is 4.64. The van der Waals surface area contributed by atoms with E-state index < -0.39 is 5.41 Å². The van der Waals surface area contributed by atoms with E-state index in [9.17, 15) is 9.59 Å². The molecule has 0 spiro atoms. The van der Waals surface area contributed by atoms with Gasteiger partial charge in [-0.05, 0) is 36.7 Å². The number of Topliss-reactive ketones (excluding diaryl/α,β-unsaturated/α-hetero) is 1. The Labute approximate surface area is 125 Å². The molecule has 2 aliphatic rings. The molecule has 1 aromatic carbocycles. The zero-order chi connectivity index (χ0) is 15.3. The molecule has 21 heavy (non-hydrogen) atoms. The van der Waals surface area contributed by atoms with Crippen molar-refractivity contribution >= 4 is 11.8 Å². The summed E-state index contributed by atoms with van der Waals surface area (Å²) in [6, 6.07) is 7.89. The highest BCUT2D eigenvalue weighted by molar-refractivity contribution is 6.00. The van der Waals surface area contributed by atoms with Gasteiger partial charge in [0.05, 0.1) is 12.5 Å². The quantitative estimate of drug-likeness (QED) is 0.742. The zero-order valence-electron chi connectivity index (χ0n) is 12.9. The summed E-state index contributed by atoms with van der Waals surface area (Å²) in [5.41, 5.74) is 1.27. The molecule has 0 amide bonds. The van der Waals surface area contributed by atoms with Crippen LogP contribution in [0, 0.1) is 11.3 Å². The van der Waals surface area contributed by atoms with Crippen LogP contribution in [0.1, 0.15) is 55.5 Å². The average molecular weight is 286 g/mol. The predicted molar refractivity (Wildman–Crippen MR) is 80.2 cm³/mol. The molecule has 112 valence electrons. The maximum atomic E-state index is 12.5. The second kappa shape index (κ2) is 4.69. The third-order valence-electron chi connectivity index (χ3n) is 5.81. The van der Waals surface area contributed by atoms with E-state index in [1.807, 2.05) is 25.1 Å². The van der Waals surface area contributed by atoms with Crippen molar-refractivity contribution in [3.8, 4) is 0 Å². The largest absolute Gasteiger partial charge is 0.469 e. The highest BCUT2D eigenvalue weighted by Gasteiger charge is 2.57. The number of hydrogen-bond acceptors (Lipinski definition) is 3. The van der Waals surface area contributed by atoms with Crippen LogP contribution in [-0.2, 0) is 14.9 Å². The molecule has 0 unspecified atom stereocenters. The Hall–Kier alpha value is -1.64. The maximum absolute atomic E-state index is 12.5. The number of ether oxygens (including phenoxy) is 1. The molecule has 0 bridgehead atoms. The summed E-state index contributed by atoms with van der Waals surface area (Å²) in [5, 5.41) is 0. The van der Waals surface area contributed by atoms with Crippen LogP contribution in [0.4, 0.5) is 0 Å². The van der Waals surface area contributed by atoms with E-state index in [0.717, 1.165) is 30.4 Å². The minimum Gasteiger partial charge on any atom is -0.469 e. The van der Waals surface area contributed by atoms with Gasteiger partial charge in [-0.3, -0.25) is 9.59 Å². The topological polar surface area (TPSA) is 43.4 Å². The van der Waals surface area contributed by atoms with Crippen LogP contribution in [0.3, 0.4) is 0 Å². The number of benzene rings is 1. The van der Waals surface area contributed by atoms with Crippen LogP contribution in [0.15, 0.2) is 24.3 Å². The minimum atomic E-state index is -0.565. The van der Waals surface area contributed by atoms with E-state index in [1.165, 1.54) is 7.11 Å². The van der Waals surface area contributed by atoms with E-state index in [1.54, 1.807) is 0 Å². The second-order valence-corrected chi connectivity index (χ2v) is 6.91. The first-order valence-electron chi connectivity index (χ1n) is 7.64. The van der Waals surface area contributed by atoms with Crippen molar-refractivity contribution in [1.82, 2.24) is 0 Å². The summed E-state index contributed by atoms with van der Waals surface area (Å²) in [5.74, 6) is 0.00399. The number of esters is 1. The molecule has 0 N–H and O–H groups in total. The fourth-order valence-electron chi connectivity index (χ4n) is 4.64. The summed E-state index contributed by atoms with van der Waals surface area (Å²) in [6.45, 7) is 4.19. The van der Waals surface area contributed by atoms with Crippen LogP contribution in [0.2, 0.25) is 0 Å². The van der Waals surface area contributed by atoms with Crippen LogP contribution in [-0.4, -0.2) is 18.9 Å². The smallest absolute Gasteiger partial charge is 0.311 e. The van der Waals surface area contributed by atoms with Gasteiger partial charge >= 0.3 is 5.97 Å². The fraction of sp³-hybridized carbons (Fsp3) is 0.556. The van der Waals surface area contributed by atoms with Gasteiger partial charge in [0.25, 0.3) is 0 Å². The number of carbonyl (C=O) groups excluding carboxylic acids is 2. The third-order valence-corrected chi connectivity index (χ3v) is 5.81. The Morgan fingerprint density at radius 1 is 1.24 bits per heavy atom. The normalized spacial score (nSPS) is 34.8.